The highest BCUT2D eigenvalue weighted by Crippen LogP contribution is 2.29. The van der Waals surface area contributed by atoms with Crippen LogP contribution in [0, 0.1) is 10.1 Å². The number of hydrogen-bond acceptors (Lipinski definition) is 5. The van der Waals surface area contributed by atoms with Crippen LogP contribution in [0.4, 0.5) is 11.4 Å². The van der Waals surface area contributed by atoms with Gasteiger partial charge in [0, 0.05) is 32.3 Å². The van der Waals surface area contributed by atoms with Crippen LogP contribution < -0.4 is 5.73 Å². The molecule has 0 unspecified atom stereocenters. The number of carbonyl (C=O) groups excluding carboxylic acids is 2. The lowest BCUT2D eigenvalue weighted by Gasteiger charge is -2.32. The first-order chi connectivity index (χ1) is 9.81. The largest absolute Gasteiger partial charge is 0.397 e. The summed E-state index contributed by atoms with van der Waals surface area (Å²) in [4.78, 5) is 37.0. The molecule has 2 N–H and O–H groups in total. The third kappa shape index (κ3) is 2.89. The highest BCUT2D eigenvalue weighted by Gasteiger charge is 2.28. The van der Waals surface area contributed by atoms with Gasteiger partial charge in [-0.3, -0.25) is 19.7 Å². The monoisotopic (exact) mass is 312 g/mol. The summed E-state index contributed by atoms with van der Waals surface area (Å²) in [6.07, 6.45) is 0. The van der Waals surface area contributed by atoms with Gasteiger partial charge in [-0.05, 0) is 0 Å². The minimum Gasteiger partial charge on any atom is -0.397 e. The molecule has 0 radical (unpaired) electrons. The normalized spacial score (nSPS) is 15.2. The summed E-state index contributed by atoms with van der Waals surface area (Å²) in [6.45, 7) is 0.642. The predicted octanol–water partition coefficient (Wildman–Crippen LogP) is 0.745. The van der Waals surface area contributed by atoms with E-state index in [1.807, 2.05) is 0 Å². The number of anilines is 1. The molecule has 0 saturated carbocycles. The third-order valence-electron chi connectivity index (χ3n) is 3.30. The van der Waals surface area contributed by atoms with Crippen molar-refractivity contribution in [3.8, 4) is 0 Å². The van der Waals surface area contributed by atoms with E-state index in [0.717, 1.165) is 12.1 Å². The Hall–Kier alpha value is -2.35. The second-order valence-electron chi connectivity index (χ2n) is 4.69. The summed E-state index contributed by atoms with van der Waals surface area (Å²) in [5.74, 6) is -0.746. The zero-order chi connectivity index (χ0) is 15.7. The van der Waals surface area contributed by atoms with Crippen LogP contribution in [-0.4, -0.2) is 53.2 Å². The van der Waals surface area contributed by atoms with Gasteiger partial charge in [0.2, 0.25) is 5.91 Å². The molecule has 1 aromatic carbocycles. The van der Waals surface area contributed by atoms with Gasteiger partial charge in [-0.25, -0.2) is 0 Å². The van der Waals surface area contributed by atoms with Crippen LogP contribution in [0.15, 0.2) is 12.1 Å². The van der Waals surface area contributed by atoms with Gasteiger partial charge in [0.1, 0.15) is 6.54 Å². The third-order valence-corrected chi connectivity index (χ3v) is 3.61. The Kier molecular flexibility index (Phi) is 3.99. The Morgan fingerprint density at radius 2 is 2.10 bits per heavy atom. The number of nitrogens with two attached hydrogens (primary N) is 1. The van der Waals surface area contributed by atoms with Crippen molar-refractivity contribution in [3.05, 3.63) is 32.8 Å². The molecule has 21 heavy (non-hydrogen) atoms. The van der Waals surface area contributed by atoms with Crippen LogP contribution in [0.2, 0.25) is 5.02 Å². The van der Waals surface area contributed by atoms with Crippen LogP contribution in [0.5, 0.6) is 0 Å². The minimum atomic E-state index is -0.656. The smallest absolute Gasteiger partial charge is 0.271 e. The molecule has 8 nitrogen and oxygen atoms in total. The van der Waals surface area contributed by atoms with Crippen molar-refractivity contribution in [1.82, 2.24) is 9.80 Å². The van der Waals surface area contributed by atoms with Crippen LogP contribution >= 0.6 is 11.6 Å². The number of carbonyl (C=O) groups is 2. The summed E-state index contributed by atoms with van der Waals surface area (Å²) in [5, 5.41) is 10.8. The average Bonchev–Trinajstić information content (AvgIpc) is 2.43. The zero-order valence-electron chi connectivity index (χ0n) is 11.2. The Labute approximate surface area is 125 Å². The summed E-state index contributed by atoms with van der Waals surface area (Å²) < 4.78 is 0. The Morgan fingerprint density at radius 1 is 1.43 bits per heavy atom. The van der Waals surface area contributed by atoms with Crippen LogP contribution in [0.3, 0.4) is 0 Å². The second-order valence-corrected chi connectivity index (χ2v) is 5.10. The van der Waals surface area contributed by atoms with Crippen LogP contribution in [0.1, 0.15) is 10.4 Å². The van der Waals surface area contributed by atoms with E-state index in [1.54, 1.807) is 7.05 Å². The van der Waals surface area contributed by atoms with E-state index >= 15 is 0 Å². The van der Waals surface area contributed by atoms with Gasteiger partial charge in [-0.1, -0.05) is 11.6 Å². The molecule has 0 bridgehead atoms. The van der Waals surface area contributed by atoms with Gasteiger partial charge in [0.25, 0.3) is 11.6 Å². The number of hydrogen-bond donors (Lipinski definition) is 1. The molecule has 1 aromatic rings. The van der Waals surface area contributed by atoms with Crippen molar-refractivity contribution in [2.45, 2.75) is 0 Å². The molecule has 1 saturated heterocycles. The number of nitrogens with zero attached hydrogens (tertiary/aromatic N) is 3. The molecular weight excluding hydrogens is 300 g/mol. The maximum absolute atomic E-state index is 12.4. The fourth-order valence-electron chi connectivity index (χ4n) is 1.99. The Bertz CT molecular complexity index is 634. The highest BCUT2D eigenvalue weighted by molar-refractivity contribution is 6.34. The molecule has 9 heteroatoms. The average molecular weight is 313 g/mol. The number of likely N-dealkylation sites (N-methyl/N-ethyl adjacent to an activating group) is 1. The van der Waals surface area contributed by atoms with Gasteiger partial charge in [-0.2, -0.15) is 0 Å². The number of piperazine rings is 1. The van der Waals surface area contributed by atoms with E-state index in [1.165, 1.54) is 9.80 Å². The molecule has 112 valence electrons. The van der Waals surface area contributed by atoms with Crippen molar-refractivity contribution in [3.63, 3.8) is 0 Å². The van der Waals surface area contributed by atoms with Crippen molar-refractivity contribution >= 4 is 34.8 Å². The number of halogens is 1. The lowest BCUT2D eigenvalue weighted by molar-refractivity contribution is -0.384. The van der Waals surface area contributed by atoms with Gasteiger partial charge >= 0.3 is 0 Å². The SMILES string of the molecule is CN1CCN(C(=O)c2cc([N+](=O)[O-])cc(Cl)c2N)CC1=O. The number of amides is 2. The fraction of sp³-hybridized carbons (Fsp3) is 0.333. The van der Waals surface area contributed by atoms with E-state index in [9.17, 15) is 19.7 Å². The molecule has 1 heterocycles. The minimum absolute atomic E-state index is 0.0290. The Balaban J connectivity index is 2.35. The van der Waals surface area contributed by atoms with Gasteiger partial charge < -0.3 is 15.5 Å². The molecule has 1 fully saturated rings. The Morgan fingerprint density at radius 3 is 2.67 bits per heavy atom. The second kappa shape index (κ2) is 5.57. The van der Waals surface area contributed by atoms with Crippen LogP contribution in [-0.2, 0) is 4.79 Å². The van der Waals surface area contributed by atoms with Crippen molar-refractivity contribution in [2.24, 2.45) is 0 Å². The predicted molar refractivity (Wildman–Crippen MR) is 76.1 cm³/mol. The standard InChI is InChI=1S/C12H13ClN4O4/c1-15-2-3-16(6-10(15)18)12(19)8-4-7(17(20)21)5-9(13)11(8)14/h4-5H,2-3,6,14H2,1H3. The van der Waals surface area contributed by atoms with Gasteiger partial charge in [0.15, 0.2) is 0 Å². The molecule has 0 aliphatic carbocycles. The van der Waals surface area contributed by atoms with Gasteiger partial charge in [0.05, 0.1) is 21.2 Å². The number of non-ortho nitro benzene ring substituents is 1. The summed E-state index contributed by atoms with van der Waals surface area (Å²) in [5.41, 5.74) is 5.31. The fourth-order valence-corrected chi connectivity index (χ4v) is 2.20. The molecule has 2 rings (SSSR count). The summed E-state index contributed by atoms with van der Waals surface area (Å²) >= 11 is 5.82. The first-order valence-electron chi connectivity index (χ1n) is 6.08. The molecule has 0 atom stereocenters. The zero-order valence-corrected chi connectivity index (χ0v) is 12.0. The van der Waals surface area contributed by atoms with E-state index in [2.05, 4.69) is 0 Å². The number of nitro benzene ring substituents is 1. The van der Waals surface area contributed by atoms with Crippen molar-refractivity contribution in [1.29, 1.82) is 0 Å². The number of nitro groups is 1. The van der Waals surface area contributed by atoms with Crippen molar-refractivity contribution in [2.75, 3.05) is 32.4 Å². The first-order valence-corrected chi connectivity index (χ1v) is 6.45. The molecule has 0 spiro atoms. The molecular formula is C12H13ClN4O4. The topological polar surface area (TPSA) is 110 Å². The number of benzene rings is 1. The first kappa shape index (κ1) is 15.0. The quantitative estimate of drug-likeness (QED) is 0.492. The van der Waals surface area contributed by atoms with E-state index < -0.39 is 10.8 Å². The van der Waals surface area contributed by atoms with Crippen molar-refractivity contribution < 1.29 is 14.5 Å². The van der Waals surface area contributed by atoms with Crippen LogP contribution in [0.25, 0.3) is 0 Å². The molecule has 2 amide bonds. The molecule has 1 aliphatic rings. The molecule has 1 aliphatic heterocycles. The number of nitrogen functional groups attached to an aromatic ring is 1. The lowest BCUT2D eigenvalue weighted by atomic mass is 10.1. The van der Waals surface area contributed by atoms with E-state index in [0.29, 0.717) is 13.1 Å². The van der Waals surface area contributed by atoms with E-state index in [-0.39, 0.29) is 34.4 Å². The highest BCUT2D eigenvalue weighted by atomic mass is 35.5. The van der Waals surface area contributed by atoms with E-state index in [4.69, 9.17) is 17.3 Å². The maximum atomic E-state index is 12.4. The molecule has 0 aromatic heterocycles. The maximum Gasteiger partial charge on any atom is 0.271 e. The van der Waals surface area contributed by atoms with Gasteiger partial charge in [-0.15, -0.1) is 0 Å². The summed E-state index contributed by atoms with van der Waals surface area (Å²) in [7, 11) is 1.64. The summed E-state index contributed by atoms with van der Waals surface area (Å²) in [6, 6.07) is 2.16. The lowest BCUT2D eigenvalue weighted by Crippen LogP contribution is -2.50. The number of rotatable bonds is 2.